The quantitative estimate of drug-likeness (QED) is 0.269. The molecule has 4 rings (SSSR count). The van der Waals surface area contributed by atoms with Crippen LogP contribution >= 0.6 is 0 Å². The van der Waals surface area contributed by atoms with Gasteiger partial charge in [0.1, 0.15) is 0 Å². The summed E-state index contributed by atoms with van der Waals surface area (Å²) in [6, 6.07) is 0. The van der Waals surface area contributed by atoms with E-state index in [4.69, 9.17) is 10.2 Å². The zero-order valence-electron chi connectivity index (χ0n) is 26.8. The number of benzene rings is 2. The molecule has 4 nitrogen and oxygen atoms in total. The Morgan fingerprint density at radius 2 is 0.500 bits per heavy atom. The first-order valence-corrected chi connectivity index (χ1v) is 13.7. The van der Waals surface area contributed by atoms with Crippen molar-refractivity contribution in [1.82, 2.24) is 19.6 Å². The SMILES string of the molecule is Cc1nn(-c2c(C)c(C)c(C)c(C)c2C)c(C)c1C.Cc1nn(-c2c(C)c(C)c(C)c(C)c2C)c(C)c1C. The van der Waals surface area contributed by atoms with Crippen LogP contribution in [0, 0.1) is 111 Å². The van der Waals surface area contributed by atoms with Crippen molar-refractivity contribution in [2.24, 2.45) is 0 Å². The van der Waals surface area contributed by atoms with Crippen molar-refractivity contribution in [2.45, 2.75) is 111 Å². The second kappa shape index (κ2) is 10.6. The predicted octanol–water partition coefficient (Wildman–Crippen LogP) is 8.68. The second-order valence-corrected chi connectivity index (χ2v) is 11.4. The maximum Gasteiger partial charge on any atom is 0.0712 e. The van der Waals surface area contributed by atoms with Crippen LogP contribution in [0.15, 0.2) is 0 Å². The maximum absolute atomic E-state index is 4.73. The third-order valence-corrected chi connectivity index (χ3v) is 9.65. The van der Waals surface area contributed by atoms with Crippen molar-refractivity contribution < 1.29 is 0 Å². The highest BCUT2D eigenvalue weighted by Crippen LogP contribution is 2.31. The fourth-order valence-electron chi connectivity index (χ4n) is 5.47. The molecule has 204 valence electrons. The van der Waals surface area contributed by atoms with Gasteiger partial charge in [0.2, 0.25) is 0 Å². The van der Waals surface area contributed by atoms with E-state index in [-0.39, 0.29) is 0 Å². The highest BCUT2D eigenvalue weighted by molar-refractivity contribution is 5.59. The van der Waals surface area contributed by atoms with Crippen molar-refractivity contribution in [3.63, 3.8) is 0 Å². The lowest BCUT2D eigenvalue weighted by Crippen LogP contribution is -2.08. The summed E-state index contributed by atoms with van der Waals surface area (Å²) in [6.07, 6.45) is 0. The third kappa shape index (κ3) is 4.63. The van der Waals surface area contributed by atoms with E-state index in [1.807, 2.05) is 0 Å². The first-order valence-electron chi connectivity index (χ1n) is 13.7. The molecule has 2 heterocycles. The van der Waals surface area contributed by atoms with Crippen LogP contribution in [0.1, 0.15) is 89.5 Å². The smallest absolute Gasteiger partial charge is 0.0712 e. The standard InChI is InChI=1S/2C17H24N2/c2*1-9-10(2)12(4)17(13(5)11(9)3)19-16(8)14(6)15(7)18-19/h2*1-8H3. The van der Waals surface area contributed by atoms with Gasteiger partial charge in [-0.1, -0.05) is 0 Å². The van der Waals surface area contributed by atoms with Crippen molar-refractivity contribution in [2.75, 3.05) is 0 Å². The molecule has 0 amide bonds. The summed E-state index contributed by atoms with van der Waals surface area (Å²) in [5.74, 6) is 0. The van der Waals surface area contributed by atoms with Gasteiger partial charge >= 0.3 is 0 Å². The van der Waals surface area contributed by atoms with Crippen LogP contribution in [0.2, 0.25) is 0 Å². The number of nitrogens with zero attached hydrogens (tertiary/aromatic N) is 4. The van der Waals surface area contributed by atoms with E-state index >= 15 is 0 Å². The molecule has 38 heavy (non-hydrogen) atoms. The predicted molar refractivity (Wildman–Crippen MR) is 163 cm³/mol. The Morgan fingerprint density at radius 3 is 0.684 bits per heavy atom. The van der Waals surface area contributed by atoms with Crippen LogP contribution in [-0.4, -0.2) is 19.6 Å². The van der Waals surface area contributed by atoms with Crippen molar-refractivity contribution in [1.29, 1.82) is 0 Å². The molecule has 4 aromatic rings. The van der Waals surface area contributed by atoms with Gasteiger partial charge in [-0.15, -0.1) is 0 Å². The molecular weight excluding hydrogens is 464 g/mol. The minimum absolute atomic E-state index is 1.12. The van der Waals surface area contributed by atoms with Crippen LogP contribution in [0.25, 0.3) is 11.4 Å². The molecule has 2 aromatic heterocycles. The van der Waals surface area contributed by atoms with E-state index in [9.17, 15) is 0 Å². The molecule has 0 N–H and O–H groups in total. The molecule has 0 fully saturated rings. The minimum atomic E-state index is 1.12. The topological polar surface area (TPSA) is 35.6 Å². The molecule has 0 aliphatic heterocycles. The fraction of sp³-hybridized carbons (Fsp3) is 0.471. The van der Waals surface area contributed by atoms with Gasteiger partial charge in [-0.3, -0.25) is 0 Å². The molecule has 0 radical (unpaired) electrons. The van der Waals surface area contributed by atoms with Gasteiger partial charge in [-0.2, -0.15) is 10.2 Å². The molecule has 0 saturated carbocycles. The monoisotopic (exact) mass is 512 g/mol. The van der Waals surface area contributed by atoms with Gasteiger partial charge in [-0.25, -0.2) is 9.36 Å². The van der Waals surface area contributed by atoms with Gasteiger partial charge < -0.3 is 0 Å². The largest absolute Gasteiger partial charge is 0.237 e. The van der Waals surface area contributed by atoms with Crippen LogP contribution in [0.5, 0.6) is 0 Å². The zero-order chi connectivity index (χ0) is 29.0. The molecule has 0 saturated heterocycles. The summed E-state index contributed by atoms with van der Waals surface area (Å²) in [5.41, 5.74) is 23.5. The molecule has 2 aromatic carbocycles. The molecule has 0 spiro atoms. The van der Waals surface area contributed by atoms with Gasteiger partial charge in [0.05, 0.1) is 22.8 Å². The average Bonchev–Trinajstić information content (AvgIpc) is 3.28. The van der Waals surface area contributed by atoms with Crippen LogP contribution in [0.4, 0.5) is 0 Å². The lowest BCUT2D eigenvalue weighted by atomic mass is 9.93. The van der Waals surface area contributed by atoms with Crippen molar-refractivity contribution in [3.05, 3.63) is 89.5 Å². The van der Waals surface area contributed by atoms with Crippen molar-refractivity contribution in [3.8, 4) is 11.4 Å². The minimum Gasteiger partial charge on any atom is -0.237 e. The molecule has 4 heteroatoms. The van der Waals surface area contributed by atoms with Gasteiger partial charge in [0, 0.05) is 11.4 Å². The van der Waals surface area contributed by atoms with E-state index in [1.54, 1.807) is 0 Å². The van der Waals surface area contributed by atoms with Crippen molar-refractivity contribution >= 4 is 0 Å². The Labute approximate surface area is 231 Å². The van der Waals surface area contributed by atoms with Gasteiger partial charge in [0.15, 0.2) is 0 Å². The molecule has 0 atom stereocenters. The number of hydrogen-bond donors (Lipinski definition) is 0. The summed E-state index contributed by atoms with van der Waals surface area (Å²) in [5, 5.41) is 9.46. The summed E-state index contributed by atoms with van der Waals surface area (Å²) in [4.78, 5) is 0. The Kier molecular flexibility index (Phi) is 8.17. The Hall–Kier alpha value is -3.14. The Morgan fingerprint density at radius 1 is 0.289 bits per heavy atom. The fourth-order valence-corrected chi connectivity index (χ4v) is 5.47. The van der Waals surface area contributed by atoms with E-state index in [0.29, 0.717) is 0 Å². The highest BCUT2D eigenvalue weighted by Gasteiger charge is 2.19. The molecular formula is C34H48N4. The maximum atomic E-state index is 4.73. The third-order valence-electron chi connectivity index (χ3n) is 9.65. The lowest BCUT2D eigenvalue weighted by Gasteiger charge is -2.19. The van der Waals surface area contributed by atoms with Crippen LogP contribution < -0.4 is 0 Å². The number of aryl methyl sites for hydroxylation is 2. The lowest BCUT2D eigenvalue weighted by molar-refractivity contribution is 0.815. The molecule has 0 bridgehead atoms. The summed E-state index contributed by atoms with van der Waals surface area (Å²) in [6.45, 7) is 34.8. The molecule has 0 aliphatic rings. The Balaban J connectivity index is 0.000000211. The first-order chi connectivity index (χ1) is 17.5. The van der Waals surface area contributed by atoms with Gasteiger partial charge in [-0.05, 0) is 178 Å². The van der Waals surface area contributed by atoms with Crippen LogP contribution in [0.3, 0.4) is 0 Å². The van der Waals surface area contributed by atoms with E-state index in [0.717, 1.165) is 11.4 Å². The summed E-state index contributed by atoms with van der Waals surface area (Å²) >= 11 is 0. The normalized spacial score (nSPS) is 11.2. The number of aromatic nitrogens is 4. The molecule has 0 aliphatic carbocycles. The van der Waals surface area contributed by atoms with Crippen LogP contribution in [-0.2, 0) is 0 Å². The zero-order valence-corrected chi connectivity index (χ0v) is 26.8. The first kappa shape index (κ1) is 29.4. The van der Waals surface area contributed by atoms with E-state index in [2.05, 4.69) is 120 Å². The summed E-state index contributed by atoms with van der Waals surface area (Å²) in [7, 11) is 0. The Bertz CT molecular complexity index is 1380. The second-order valence-electron chi connectivity index (χ2n) is 11.4. The summed E-state index contributed by atoms with van der Waals surface area (Å²) < 4.78 is 4.24. The number of hydrogen-bond acceptors (Lipinski definition) is 2. The van der Waals surface area contributed by atoms with Gasteiger partial charge in [0.25, 0.3) is 0 Å². The molecule has 0 unspecified atom stereocenters. The highest BCUT2D eigenvalue weighted by atomic mass is 15.3. The number of rotatable bonds is 2. The van der Waals surface area contributed by atoms with E-state index in [1.165, 1.54) is 89.5 Å². The van der Waals surface area contributed by atoms with E-state index < -0.39 is 0 Å². The average molecular weight is 513 g/mol.